The Labute approximate surface area is 215 Å². The second-order valence-electron chi connectivity index (χ2n) is 10.3. The molecule has 13 heteroatoms. The molecule has 2 heterocycles. The molecule has 0 radical (unpaired) electrons. The van der Waals surface area contributed by atoms with E-state index in [1.807, 2.05) is 20.8 Å². The van der Waals surface area contributed by atoms with Gasteiger partial charge in [0.1, 0.15) is 11.7 Å². The molecule has 0 aliphatic carbocycles. The zero-order valence-electron chi connectivity index (χ0n) is 20.6. The highest BCUT2D eigenvalue weighted by atomic mass is 32.2. The highest BCUT2D eigenvalue weighted by Gasteiger charge is 2.57. The van der Waals surface area contributed by atoms with E-state index < -0.39 is 61.2 Å². The van der Waals surface area contributed by atoms with Crippen LogP contribution >= 0.6 is 0 Å². The third-order valence-corrected chi connectivity index (χ3v) is 8.44. The monoisotopic (exact) mass is 550 g/mol. The number of hydrogen-bond acceptors (Lipinski definition) is 6. The number of rotatable bonds is 5. The third-order valence-electron chi connectivity index (χ3n) is 6.47. The predicted octanol–water partition coefficient (Wildman–Crippen LogP) is 1.73. The summed E-state index contributed by atoms with van der Waals surface area (Å²) < 4.78 is 68.1. The van der Waals surface area contributed by atoms with Gasteiger partial charge in [-0.15, -0.1) is 0 Å². The maximum atomic E-state index is 13.8. The van der Waals surface area contributed by atoms with Gasteiger partial charge in [-0.2, -0.15) is 12.8 Å². The van der Waals surface area contributed by atoms with Gasteiger partial charge in [-0.05, 0) is 35.1 Å². The fraction of sp³-hybridized carbons (Fsp3) is 0.375. The number of nitrogens with one attached hydrogen (secondary N) is 1. The minimum Gasteiger partial charge on any atom is -0.327 e. The van der Waals surface area contributed by atoms with Crippen molar-refractivity contribution in [2.75, 3.05) is 0 Å². The summed E-state index contributed by atoms with van der Waals surface area (Å²) in [6.45, 7) is 7.06. The van der Waals surface area contributed by atoms with E-state index in [9.17, 15) is 30.8 Å². The van der Waals surface area contributed by atoms with Gasteiger partial charge in [0, 0.05) is 12.1 Å². The van der Waals surface area contributed by atoms with Crippen molar-refractivity contribution < 1.29 is 30.8 Å². The van der Waals surface area contributed by atoms with Crippen molar-refractivity contribution in [2.45, 2.75) is 51.2 Å². The zero-order chi connectivity index (χ0) is 27.5. The van der Waals surface area contributed by atoms with E-state index in [2.05, 4.69) is 9.12 Å². The Kier molecular flexibility index (Phi) is 6.64. The van der Waals surface area contributed by atoms with Crippen molar-refractivity contribution in [2.24, 2.45) is 20.9 Å². The average molecular weight is 551 g/mol. The summed E-state index contributed by atoms with van der Waals surface area (Å²) in [6, 6.07) is 6.65. The molecule has 0 aromatic heterocycles. The topological polar surface area (TPSA) is 156 Å². The number of benzene rings is 2. The van der Waals surface area contributed by atoms with Gasteiger partial charge in [0.05, 0.1) is 23.2 Å². The van der Waals surface area contributed by atoms with Crippen molar-refractivity contribution in [3.8, 4) is 0 Å². The number of fused-ring (bicyclic) bond motifs is 1. The van der Waals surface area contributed by atoms with Crippen molar-refractivity contribution >= 4 is 38.1 Å². The number of nitrogens with zero attached hydrogens (tertiary/aromatic N) is 2. The number of amides is 1. The molecule has 0 saturated carbocycles. The number of hydrogen-bond donors (Lipinski definition) is 2. The van der Waals surface area contributed by atoms with Gasteiger partial charge in [-0.3, -0.25) is 9.59 Å². The van der Waals surface area contributed by atoms with Crippen molar-refractivity contribution in [3.05, 3.63) is 64.5 Å². The first-order valence-electron chi connectivity index (χ1n) is 11.3. The van der Waals surface area contributed by atoms with E-state index in [1.54, 1.807) is 13.0 Å². The lowest BCUT2D eigenvalue weighted by atomic mass is 9.80. The largest absolute Gasteiger partial charge is 0.327 e. The first-order chi connectivity index (χ1) is 17.0. The molecule has 2 aromatic rings. The summed E-state index contributed by atoms with van der Waals surface area (Å²) in [4.78, 5) is 28.7. The Morgan fingerprint density at radius 1 is 1.19 bits per heavy atom. The molecule has 1 saturated heterocycles. The van der Waals surface area contributed by atoms with E-state index in [4.69, 9.17) is 5.14 Å². The lowest BCUT2D eigenvalue weighted by molar-refractivity contribution is -0.134. The summed E-state index contributed by atoms with van der Waals surface area (Å²) in [7, 11) is -8.49. The van der Waals surface area contributed by atoms with E-state index in [0.29, 0.717) is 11.1 Å². The van der Waals surface area contributed by atoms with Gasteiger partial charge < -0.3 is 4.90 Å². The molecule has 3 atom stereocenters. The molecule has 10 nitrogen and oxygen atoms in total. The molecule has 2 aromatic carbocycles. The van der Waals surface area contributed by atoms with Crippen LogP contribution in [-0.2, 0) is 36.4 Å². The lowest BCUT2D eigenvalue weighted by Crippen LogP contribution is -2.44. The second kappa shape index (κ2) is 9.08. The molecular weight excluding hydrogens is 523 g/mol. The van der Waals surface area contributed by atoms with Crippen molar-refractivity contribution in [1.29, 1.82) is 0 Å². The van der Waals surface area contributed by atoms with E-state index in [0.717, 1.165) is 6.21 Å². The summed E-state index contributed by atoms with van der Waals surface area (Å²) in [6.07, 6.45) is 0.815. The number of sulfonamides is 1. The number of likely N-dealkylation sites (tertiary alicyclic amines) is 1. The quantitative estimate of drug-likeness (QED) is 0.427. The molecule has 1 amide bonds. The average Bonchev–Trinajstić information content (AvgIpc) is 3.18. The number of halogens is 1. The second-order valence-corrected chi connectivity index (χ2v) is 13.2. The Bertz CT molecular complexity index is 1550. The Hall–Kier alpha value is -3.00. The van der Waals surface area contributed by atoms with Gasteiger partial charge in [0.15, 0.2) is 5.78 Å². The Morgan fingerprint density at radius 2 is 1.86 bits per heavy atom. The maximum Gasteiger partial charge on any atom is 0.317 e. The van der Waals surface area contributed by atoms with Crippen LogP contribution in [0.4, 0.5) is 4.39 Å². The van der Waals surface area contributed by atoms with Gasteiger partial charge in [0.2, 0.25) is 15.9 Å². The summed E-state index contributed by atoms with van der Waals surface area (Å²) in [5.74, 6) is -2.75. The number of carbonyl (C=O) groups is 2. The number of Topliss-reactive ketones (excluding diaryl/α,β-unsaturated/α-hetero) is 1. The van der Waals surface area contributed by atoms with Crippen LogP contribution in [0.1, 0.15) is 49.1 Å². The highest BCUT2D eigenvalue weighted by Crippen LogP contribution is 2.44. The van der Waals surface area contributed by atoms with Crippen LogP contribution in [0, 0.1) is 24.1 Å². The molecule has 2 unspecified atom stereocenters. The first-order valence-corrected chi connectivity index (χ1v) is 14.3. The Morgan fingerprint density at radius 3 is 2.46 bits per heavy atom. The lowest BCUT2D eigenvalue weighted by Gasteiger charge is -2.33. The molecule has 37 heavy (non-hydrogen) atoms. The van der Waals surface area contributed by atoms with Crippen molar-refractivity contribution in [3.63, 3.8) is 0 Å². The van der Waals surface area contributed by atoms with Gasteiger partial charge >= 0.3 is 10.2 Å². The fourth-order valence-electron chi connectivity index (χ4n) is 5.02. The van der Waals surface area contributed by atoms with Crippen LogP contribution in [0.5, 0.6) is 0 Å². The third kappa shape index (κ3) is 5.08. The molecule has 198 valence electrons. The van der Waals surface area contributed by atoms with E-state index >= 15 is 0 Å². The molecular formula is C24H27FN4O6S2. The van der Waals surface area contributed by atoms with Gasteiger partial charge in [-0.1, -0.05) is 51.1 Å². The Balaban J connectivity index is 1.79. The van der Waals surface area contributed by atoms with Crippen LogP contribution < -0.4 is 9.86 Å². The van der Waals surface area contributed by atoms with Crippen LogP contribution in [0.3, 0.4) is 0 Å². The van der Waals surface area contributed by atoms with E-state index in [1.165, 1.54) is 35.2 Å². The van der Waals surface area contributed by atoms with E-state index in [-0.39, 0.29) is 22.6 Å². The smallest absolute Gasteiger partial charge is 0.317 e. The molecule has 1 fully saturated rings. The van der Waals surface area contributed by atoms with Crippen LogP contribution in [-0.4, -0.2) is 45.7 Å². The van der Waals surface area contributed by atoms with Gasteiger partial charge in [0.25, 0.3) is 0 Å². The molecule has 0 spiro atoms. The molecule has 4 rings (SSSR count). The minimum absolute atomic E-state index is 0.0392. The van der Waals surface area contributed by atoms with Gasteiger partial charge in [-0.25, -0.2) is 22.7 Å². The molecule has 2 aliphatic rings. The standard InChI is InChI=1S/C24H27FN4O6S2/c1-13-10-14(8-9-17(13)25)12-29-22(24(2,3)4)20(30)18(23(29)31)19-16-7-5-6-15(11-27-37(26,34)35)21(16)36(32,33)28-19/h5-11,18-19,22,28H,12H2,1-4H3,(H2,26,34,35)/b27-11+/t18?,19?,22-/m1/s1. The van der Waals surface area contributed by atoms with Crippen molar-refractivity contribution in [1.82, 2.24) is 9.62 Å². The summed E-state index contributed by atoms with van der Waals surface area (Å²) in [5.41, 5.74) is 0.443. The number of aryl methyl sites for hydroxylation is 1. The van der Waals surface area contributed by atoms with Crippen LogP contribution in [0.2, 0.25) is 0 Å². The zero-order valence-corrected chi connectivity index (χ0v) is 22.2. The fourth-order valence-corrected chi connectivity index (χ4v) is 6.93. The first kappa shape index (κ1) is 27.0. The normalized spacial score (nSPS) is 23.7. The SMILES string of the molecule is Cc1cc(CN2C(=O)C(C3NS(=O)(=O)c4c(/C=N/S(N)(=O)=O)cccc43)C(=O)[C@@H]2C(C)(C)C)ccc1F. The van der Waals surface area contributed by atoms with Crippen LogP contribution in [0.15, 0.2) is 45.7 Å². The molecule has 0 bridgehead atoms. The molecule has 2 aliphatic heterocycles. The predicted molar refractivity (Wildman–Crippen MR) is 134 cm³/mol. The highest BCUT2D eigenvalue weighted by molar-refractivity contribution is 7.90. The summed E-state index contributed by atoms with van der Waals surface area (Å²) >= 11 is 0. The minimum atomic E-state index is -4.27. The maximum absolute atomic E-state index is 13.8. The number of nitrogens with two attached hydrogens (primary N) is 1. The molecule has 3 N–H and O–H groups in total. The van der Waals surface area contributed by atoms with Crippen LogP contribution in [0.25, 0.3) is 0 Å². The summed E-state index contributed by atoms with van der Waals surface area (Å²) in [5, 5.41) is 4.91. The number of carbonyl (C=O) groups excluding carboxylic acids is 2. The number of ketones is 1.